The summed E-state index contributed by atoms with van der Waals surface area (Å²) < 4.78 is 5.27. The topological polar surface area (TPSA) is 49.6 Å². The van der Waals surface area contributed by atoms with Crippen LogP contribution in [-0.4, -0.2) is 19.0 Å². The number of guanidine groups is 1. The maximum atomic E-state index is 5.27. The van der Waals surface area contributed by atoms with Crippen molar-refractivity contribution >= 4 is 5.96 Å². The average Bonchev–Trinajstić information content (AvgIpc) is 2.88. The van der Waals surface area contributed by atoms with Crippen LogP contribution < -0.4 is 10.6 Å². The normalized spacial score (nSPS) is 13.4. The lowest BCUT2D eigenvalue weighted by molar-refractivity contribution is 0.497. The Morgan fingerprint density at radius 3 is 2.89 bits per heavy atom. The van der Waals surface area contributed by atoms with E-state index in [-0.39, 0.29) is 0 Å². The summed E-state index contributed by atoms with van der Waals surface area (Å²) in [6.07, 6.45) is 6.68. The highest BCUT2D eigenvalue weighted by Gasteiger charge is 2.05. The first-order valence-electron chi connectivity index (χ1n) is 6.75. The molecule has 1 aromatic rings. The average molecular weight is 251 g/mol. The fraction of sp³-hybridized carbons (Fsp3) is 0.643. The summed E-state index contributed by atoms with van der Waals surface area (Å²) in [6, 6.07) is 4.28. The van der Waals surface area contributed by atoms with Gasteiger partial charge in [0.05, 0.1) is 12.8 Å². The maximum Gasteiger partial charge on any atom is 0.191 e. The molecule has 0 spiro atoms. The van der Waals surface area contributed by atoms with Gasteiger partial charge in [0.25, 0.3) is 0 Å². The van der Waals surface area contributed by atoms with E-state index in [0.29, 0.717) is 12.6 Å². The number of hydrogen-bond donors (Lipinski definition) is 2. The molecule has 0 aliphatic rings. The first kappa shape index (κ1) is 14.6. The van der Waals surface area contributed by atoms with E-state index >= 15 is 0 Å². The van der Waals surface area contributed by atoms with Crippen LogP contribution in [-0.2, 0) is 6.54 Å². The summed E-state index contributed by atoms with van der Waals surface area (Å²) in [7, 11) is 1.79. The monoisotopic (exact) mass is 251 g/mol. The number of unbranched alkanes of at least 4 members (excludes halogenated alkanes) is 2. The SMILES string of the molecule is CCCCCC(C)NC(=NC)NCc1ccco1. The molecule has 0 amide bonds. The van der Waals surface area contributed by atoms with Gasteiger partial charge < -0.3 is 15.1 Å². The van der Waals surface area contributed by atoms with Crippen molar-refractivity contribution in [1.82, 2.24) is 10.6 Å². The molecule has 0 aliphatic carbocycles. The number of nitrogens with zero attached hydrogens (tertiary/aromatic N) is 1. The van der Waals surface area contributed by atoms with Gasteiger partial charge in [-0.3, -0.25) is 4.99 Å². The van der Waals surface area contributed by atoms with Crippen LogP contribution in [0.1, 0.15) is 45.3 Å². The van der Waals surface area contributed by atoms with Crippen molar-refractivity contribution in [2.45, 2.75) is 52.1 Å². The van der Waals surface area contributed by atoms with Crippen molar-refractivity contribution in [3.63, 3.8) is 0 Å². The largest absolute Gasteiger partial charge is 0.467 e. The van der Waals surface area contributed by atoms with Crippen molar-refractivity contribution in [2.75, 3.05) is 7.05 Å². The smallest absolute Gasteiger partial charge is 0.191 e. The highest BCUT2D eigenvalue weighted by molar-refractivity contribution is 5.79. The molecular formula is C14H25N3O. The lowest BCUT2D eigenvalue weighted by atomic mass is 10.1. The Balaban J connectivity index is 2.24. The van der Waals surface area contributed by atoms with Gasteiger partial charge in [0.15, 0.2) is 5.96 Å². The van der Waals surface area contributed by atoms with Gasteiger partial charge in [0.2, 0.25) is 0 Å². The van der Waals surface area contributed by atoms with Crippen LogP contribution in [0.3, 0.4) is 0 Å². The number of nitrogens with one attached hydrogen (secondary N) is 2. The molecule has 4 heteroatoms. The molecular weight excluding hydrogens is 226 g/mol. The van der Waals surface area contributed by atoms with E-state index in [1.165, 1.54) is 25.7 Å². The van der Waals surface area contributed by atoms with Crippen molar-refractivity contribution in [2.24, 2.45) is 4.99 Å². The van der Waals surface area contributed by atoms with Crippen LogP contribution in [0, 0.1) is 0 Å². The standard InChI is InChI=1S/C14H25N3O/c1-4-5-6-8-12(2)17-14(15-3)16-11-13-9-7-10-18-13/h7,9-10,12H,4-6,8,11H2,1-3H3,(H2,15,16,17). The molecule has 102 valence electrons. The van der Waals surface area contributed by atoms with Crippen LogP contribution >= 0.6 is 0 Å². The van der Waals surface area contributed by atoms with Crippen LogP contribution in [0.2, 0.25) is 0 Å². The van der Waals surface area contributed by atoms with E-state index in [1.807, 2.05) is 12.1 Å². The molecule has 0 saturated carbocycles. The molecule has 1 unspecified atom stereocenters. The molecule has 1 atom stereocenters. The quantitative estimate of drug-likeness (QED) is 0.445. The van der Waals surface area contributed by atoms with E-state index < -0.39 is 0 Å². The summed E-state index contributed by atoms with van der Waals surface area (Å²) in [6.45, 7) is 5.08. The fourth-order valence-electron chi connectivity index (χ4n) is 1.78. The van der Waals surface area contributed by atoms with Crippen LogP contribution in [0.15, 0.2) is 27.8 Å². The first-order chi connectivity index (χ1) is 8.76. The zero-order valence-electron chi connectivity index (χ0n) is 11.7. The van der Waals surface area contributed by atoms with Crippen LogP contribution in [0.4, 0.5) is 0 Å². The van der Waals surface area contributed by atoms with E-state index in [9.17, 15) is 0 Å². The zero-order valence-corrected chi connectivity index (χ0v) is 11.7. The zero-order chi connectivity index (χ0) is 13.2. The van der Waals surface area contributed by atoms with Crippen molar-refractivity contribution in [3.05, 3.63) is 24.2 Å². The highest BCUT2D eigenvalue weighted by Crippen LogP contribution is 2.03. The molecule has 0 radical (unpaired) electrons. The molecule has 2 N–H and O–H groups in total. The predicted octanol–water partition coefficient (Wildman–Crippen LogP) is 2.91. The molecule has 0 saturated heterocycles. The summed E-state index contributed by atoms with van der Waals surface area (Å²) in [5.41, 5.74) is 0. The third kappa shape index (κ3) is 5.75. The minimum Gasteiger partial charge on any atom is -0.467 e. The second-order valence-corrected chi connectivity index (χ2v) is 4.55. The first-order valence-corrected chi connectivity index (χ1v) is 6.75. The second kappa shape index (κ2) is 8.61. The van der Waals surface area contributed by atoms with Gasteiger partial charge in [-0.2, -0.15) is 0 Å². The number of rotatable bonds is 7. The summed E-state index contributed by atoms with van der Waals surface area (Å²) in [5.74, 6) is 1.74. The lowest BCUT2D eigenvalue weighted by Gasteiger charge is -2.17. The molecule has 0 bridgehead atoms. The van der Waals surface area contributed by atoms with Gasteiger partial charge in [-0.05, 0) is 25.5 Å². The third-order valence-electron chi connectivity index (χ3n) is 2.86. The molecule has 0 fully saturated rings. The summed E-state index contributed by atoms with van der Waals surface area (Å²) in [5, 5.41) is 6.62. The Hall–Kier alpha value is -1.45. The predicted molar refractivity (Wildman–Crippen MR) is 75.6 cm³/mol. The lowest BCUT2D eigenvalue weighted by Crippen LogP contribution is -2.41. The Morgan fingerprint density at radius 1 is 1.44 bits per heavy atom. The molecule has 0 aliphatic heterocycles. The molecule has 0 aromatic carbocycles. The minimum absolute atomic E-state index is 0.444. The van der Waals surface area contributed by atoms with E-state index in [1.54, 1.807) is 13.3 Å². The molecule has 18 heavy (non-hydrogen) atoms. The Bertz CT molecular complexity index is 333. The Morgan fingerprint density at radius 2 is 2.28 bits per heavy atom. The molecule has 1 aromatic heterocycles. The van der Waals surface area contributed by atoms with Gasteiger partial charge in [0.1, 0.15) is 5.76 Å². The molecule has 1 heterocycles. The molecule has 1 rings (SSSR count). The summed E-state index contributed by atoms with van der Waals surface area (Å²) in [4.78, 5) is 4.21. The second-order valence-electron chi connectivity index (χ2n) is 4.55. The third-order valence-corrected chi connectivity index (χ3v) is 2.86. The minimum atomic E-state index is 0.444. The van der Waals surface area contributed by atoms with E-state index in [2.05, 4.69) is 29.5 Å². The fourth-order valence-corrected chi connectivity index (χ4v) is 1.78. The van der Waals surface area contributed by atoms with E-state index in [0.717, 1.165) is 11.7 Å². The maximum absolute atomic E-state index is 5.27. The van der Waals surface area contributed by atoms with Gasteiger partial charge in [0, 0.05) is 13.1 Å². The van der Waals surface area contributed by atoms with Gasteiger partial charge in [-0.1, -0.05) is 26.2 Å². The van der Waals surface area contributed by atoms with Gasteiger partial charge >= 0.3 is 0 Å². The Labute approximate surface area is 110 Å². The van der Waals surface area contributed by atoms with Crippen LogP contribution in [0.5, 0.6) is 0 Å². The number of furan rings is 1. The number of aliphatic imine (C=N–C) groups is 1. The van der Waals surface area contributed by atoms with Crippen molar-refractivity contribution in [3.8, 4) is 0 Å². The van der Waals surface area contributed by atoms with Crippen molar-refractivity contribution in [1.29, 1.82) is 0 Å². The number of hydrogen-bond acceptors (Lipinski definition) is 2. The van der Waals surface area contributed by atoms with E-state index in [4.69, 9.17) is 4.42 Å². The van der Waals surface area contributed by atoms with Gasteiger partial charge in [-0.25, -0.2) is 0 Å². The Kier molecular flexibility index (Phi) is 6.99. The van der Waals surface area contributed by atoms with Crippen molar-refractivity contribution < 1.29 is 4.42 Å². The van der Waals surface area contributed by atoms with Crippen LogP contribution in [0.25, 0.3) is 0 Å². The highest BCUT2D eigenvalue weighted by atomic mass is 16.3. The summed E-state index contributed by atoms with van der Waals surface area (Å²) >= 11 is 0. The van der Waals surface area contributed by atoms with Gasteiger partial charge in [-0.15, -0.1) is 0 Å². The molecule has 4 nitrogen and oxygen atoms in total.